The number of thiazole rings is 1. The van der Waals surface area contributed by atoms with Crippen LogP contribution >= 0.6 is 57.1 Å². The van der Waals surface area contributed by atoms with Gasteiger partial charge in [-0.25, -0.2) is 4.99 Å². The monoisotopic (exact) mass is 641 g/mol. The highest BCUT2D eigenvalue weighted by atomic mass is 127. The summed E-state index contributed by atoms with van der Waals surface area (Å²) in [6, 6.07) is 9.72. The van der Waals surface area contributed by atoms with E-state index in [0.29, 0.717) is 52.9 Å². The number of fused-ring (bicyclic) bond motifs is 1. The number of aromatic nitrogens is 1. The van der Waals surface area contributed by atoms with E-state index in [1.165, 1.54) is 11.3 Å². The summed E-state index contributed by atoms with van der Waals surface area (Å²) in [7, 11) is 0. The summed E-state index contributed by atoms with van der Waals surface area (Å²) in [6.07, 6.45) is 1.61. The van der Waals surface area contributed by atoms with Crippen LogP contribution in [0.3, 0.4) is 0 Å². The molecule has 1 aromatic heterocycles. The maximum atomic E-state index is 13.7. The molecule has 0 fully saturated rings. The van der Waals surface area contributed by atoms with Crippen LogP contribution in [-0.4, -0.2) is 33.6 Å². The molecule has 0 unspecified atom stereocenters. The zero-order valence-electron chi connectivity index (χ0n) is 19.2. The Morgan fingerprint density at radius 1 is 1.20 bits per heavy atom. The second-order valence-corrected chi connectivity index (χ2v) is 11.0. The number of benzene rings is 2. The Balaban J connectivity index is 1.99. The average molecular weight is 642 g/mol. The van der Waals surface area contributed by atoms with E-state index < -0.39 is 6.04 Å². The van der Waals surface area contributed by atoms with Gasteiger partial charge in [0.1, 0.15) is 5.75 Å². The Hall–Kier alpha value is -2.14. The molecule has 0 saturated heterocycles. The molecule has 1 atom stereocenters. The molecule has 1 aliphatic rings. The van der Waals surface area contributed by atoms with Crippen molar-refractivity contribution in [1.29, 1.82) is 0 Å². The maximum absolute atomic E-state index is 13.7. The summed E-state index contributed by atoms with van der Waals surface area (Å²) >= 11 is 15.5. The molecule has 2 aromatic carbocycles. The van der Waals surface area contributed by atoms with E-state index in [0.717, 1.165) is 5.56 Å². The van der Waals surface area contributed by atoms with Gasteiger partial charge in [-0.15, -0.1) is 0 Å². The Labute approximate surface area is 230 Å². The van der Waals surface area contributed by atoms with Crippen molar-refractivity contribution < 1.29 is 9.90 Å². The maximum Gasteiger partial charge on any atom is 0.271 e. The lowest BCUT2D eigenvalue weighted by Gasteiger charge is -2.29. The number of hydrogen-bond acceptors (Lipinski definition) is 5. The van der Waals surface area contributed by atoms with Crippen LogP contribution in [0.2, 0.25) is 10.0 Å². The Bertz CT molecular complexity index is 1520. The molecule has 0 saturated carbocycles. The number of nitrogens with zero attached hydrogens (tertiary/aromatic N) is 3. The molecule has 1 aliphatic heterocycles. The number of likely N-dealkylation sites (N-methyl/N-ethyl adjacent to an activating group) is 1. The number of amides is 1. The molecule has 4 rings (SSSR count). The second-order valence-electron chi connectivity index (χ2n) is 7.94. The summed E-state index contributed by atoms with van der Waals surface area (Å²) < 4.78 is 2.51. The lowest BCUT2D eigenvalue weighted by atomic mass is 9.94. The first-order valence-electron chi connectivity index (χ1n) is 10.9. The van der Waals surface area contributed by atoms with E-state index in [4.69, 9.17) is 23.2 Å². The third-order valence-electron chi connectivity index (χ3n) is 5.83. The van der Waals surface area contributed by atoms with Gasteiger partial charge in [-0.3, -0.25) is 14.2 Å². The minimum absolute atomic E-state index is 0.0451. The minimum atomic E-state index is -0.660. The standard InChI is InChI=1S/C25H22Cl2IN3O3S/c1-4-30(5-2)24(34)20-13(3)29-25-31(21(20)14-6-8-16(26)9-7-14)23(33)19(35-25)11-15-10-17(27)12-18(28)22(15)32/h6-12,21,32H,4-5H2,1-3H3/b19-11+/t21-/m1/s1. The number of phenolic OH excluding ortho intramolecular Hbond substituents is 1. The van der Waals surface area contributed by atoms with E-state index in [2.05, 4.69) is 4.99 Å². The van der Waals surface area contributed by atoms with Crippen molar-refractivity contribution in [3.8, 4) is 5.75 Å². The first kappa shape index (κ1) is 25.9. The van der Waals surface area contributed by atoms with E-state index in [1.54, 1.807) is 46.7 Å². The van der Waals surface area contributed by atoms with Gasteiger partial charge in [0.25, 0.3) is 11.5 Å². The van der Waals surface area contributed by atoms with Crippen LogP contribution in [0.25, 0.3) is 6.08 Å². The van der Waals surface area contributed by atoms with E-state index in [9.17, 15) is 14.7 Å². The first-order chi connectivity index (χ1) is 16.7. The number of halogens is 3. The van der Waals surface area contributed by atoms with Gasteiger partial charge >= 0.3 is 0 Å². The molecule has 35 heavy (non-hydrogen) atoms. The molecular formula is C25H22Cl2IN3O3S. The molecule has 0 aliphatic carbocycles. The lowest BCUT2D eigenvalue weighted by Crippen LogP contribution is -2.43. The molecule has 0 radical (unpaired) electrons. The fraction of sp³-hybridized carbons (Fsp3) is 0.240. The molecule has 0 spiro atoms. The molecule has 1 N–H and O–H groups in total. The molecular weight excluding hydrogens is 620 g/mol. The largest absolute Gasteiger partial charge is 0.506 e. The Morgan fingerprint density at radius 3 is 2.49 bits per heavy atom. The third-order valence-corrected chi connectivity index (χ3v) is 8.11. The summed E-state index contributed by atoms with van der Waals surface area (Å²) in [5.41, 5.74) is 1.91. The fourth-order valence-corrected chi connectivity index (χ4v) is 6.29. The highest BCUT2D eigenvalue weighted by Gasteiger charge is 2.34. The van der Waals surface area contributed by atoms with E-state index in [-0.39, 0.29) is 17.2 Å². The quantitative estimate of drug-likeness (QED) is 0.410. The molecule has 3 aromatic rings. The van der Waals surface area contributed by atoms with Crippen molar-refractivity contribution in [3.63, 3.8) is 0 Å². The van der Waals surface area contributed by atoms with Crippen LogP contribution in [0.1, 0.15) is 37.9 Å². The van der Waals surface area contributed by atoms with Crippen LogP contribution in [-0.2, 0) is 4.79 Å². The summed E-state index contributed by atoms with van der Waals surface area (Å²) in [4.78, 5) is 34.1. The van der Waals surface area contributed by atoms with Crippen molar-refractivity contribution in [2.45, 2.75) is 26.8 Å². The van der Waals surface area contributed by atoms with Gasteiger partial charge in [-0.2, -0.15) is 0 Å². The van der Waals surface area contributed by atoms with E-state index >= 15 is 0 Å². The number of rotatable bonds is 5. The van der Waals surface area contributed by atoms with Gasteiger partial charge in [0.2, 0.25) is 0 Å². The summed E-state index contributed by atoms with van der Waals surface area (Å²) in [6.45, 7) is 6.71. The Morgan fingerprint density at radius 2 is 1.86 bits per heavy atom. The smallest absolute Gasteiger partial charge is 0.271 e. The van der Waals surface area contributed by atoms with Crippen molar-refractivity contribution in [3.05, 3.63) is 92.1 Å². The predicted octanol–water partition coefficient (Wildman–Crippen LogP) is 4.72. The van der Waals surface area contributed by atoms with Crippen LogP contribution in [0, 0.1) is 3.57 Å². The van der Waals surface area contributed by atoms with Crippen molar-refractivity contribution >= 4 is 69.1 Å². The van der Waals surface area contributed by atoms with Gasteiger partial charge in [-0.05, 0) is 79.3 Å². The second kappa shape index (κ2) is 10.5. The number of carbonyl (C=O) groups is 1. The van der Waals surface area contributed by atoms with Crippen molar-refractivity contribution in [1.82, 2.24) is 9.47 Å². The van der Waals surface area contributed by atoms with Gasteiger partial charge in [0, 0.05) is 28.7 Å². The number of aromatic hydroxyl groups is 1. The van der Waals surface area contributed by atoms with Gasteiger partial charge < -0.3 is 10.0 Å². The number of hydrogen-bond donors (Lipinski definition) is 1. The zero-order chi connectivity index (χ0) is 25.4. The van der Waals surface area contributed by atoms with Crippen LogP contribution in [0.4, 0.5) is 0 Å². The highest BCUT2D eigenvalue weighted by Crippen LogP contribution is 2.32. The minimum Gasteiger partial charge on any atom is -0.506 e. The molecule has 0 bridgehead atoms. The lowest BCUT2D eigenvalue weighted by molar-refractivity contribution is -0.127. The topological polar surface area (TPSA) is 74.9 Å². The number of phenols is 1. The first-order valence-corrected chi connectivity index (χ1v) is 13.6. The fourth-order valence-electron chi connectivity index (χ4n) is 4.07. The molecule has 182 valence electrons. The molecule has 10 heteroatoms. The predicted molar refractivity (Wildman–Crippen MR) is 149 cm³/mol. The molecule has 1 amide bonds. The normalized spacial score (nSPS) is 15.7. The number of carbonyl (C=O) groups excluding carboxylic acids is 1. The van der Waals surface area contributed by atoms with Gasteiger partial charge in [0.15, 0.2) is 4.80 Å². The summed E-state index contributed by atoms with van der Waals surface area (Å²) in [5.74, 6) is -0.115. The molecule has 6 nitrogen and oxygen atoms in total. The zero-order valence-corrected chi connectivity index (χ0v) is 23.7. The van der Waals surface area contributed by atoms with Crippen LogP contribution in [0.15, 0.2) is 57.5 Å². The number of allylic oxidation sites excluding steroid dienone is 1. The molecule has 2 heterocycles. The van der Waals surface area contributed by atoms with Crippen LogP contribution < -0.4 is 14.9 Å². The van der Waals surface area contributed by atoms with Gasteiger partial charge in [-0.1, -0.05) is 46.7 Å². The van der Waals surface area contributed by atoms with Crippen molar-refractivity contribution in [2.24, 2.45) is 4.99 Å². The van der Waals surface area contributed by atoms with Gasteiger partial charge in [0.05, 0.1) is 25.4 Å². The van der Waals surface area contributed by atoms with Crippen LogP contribution in [0.5, 0.6) is 5.75 Å². The Kier molecular flexibility index (Phi) is 7.75. The highest BCUT2D eigenvalue weighted by molar-refractivity contribution is 14.1. The van der Waals surface area contributed by atoms with E-state index in [1.807, 2.05) is 48.6 Å². The van der Waals surface area contributed by atoms with Crippen molar-refractivity contribution in [2.75, 3.05) is 13.1 Å². The third kappa shape index (κ3) is 4.94. The summed E-state index contributed by atoms with van der Waals surface area (Å²) in [5, 5.41) is 11.5. The SMILES string of the molecule is CCN(CC)C(=O)C1=C(C)N=c2s/c(=C/c3cc(Cl)cc(I)c3O)c(=O)n2[C@@H]1c1ccc(Cl)cc1. The average Bonchev–Trinajstić information content (AvgIpc) is 3.12.